The van der Waals surface area contributed by atoms with Gasteiger partial charge < -0.3 is 10.2 Å². The van der Waals surface area contributed by atoms with E-state index in [1.807, 2.05) is 32.0 Å². The van der Waals surface area contributed by atoms with Crippen LogP contribution in [0, 0.1) is 33.6 Å². The number of rotatable bonds is 6. The summed E-state index contributed by atoms with van der Waals surface area (Å²) in [6, 6.07) is 5.87. The molecule has 35 heavy (non-hydrogen) atoms. The third-order valence-electron chi connectivity index (χ3n) is 7.06. The number of sulfonamides is 1. The zero-order valence-electron chi connectivity index (χ0n) is 21.0. The number of anilines is 1. The number of carbonyl (C=O) groups excluding carboxylic acids is 2. The van der Waals surface area contributed by atoms with Crippen molar-refractivity contribution in [2.75, 3.05) is 31.5 Å². The van der Waals surface area contributed by atoms with Crippen LogP contribution in [0.15, 0.2) is 23.1 Å². The van der Waals surface area contributed by atoms with Crippen LogP contribution in [0.3, 0.4) is 0 Å². The summed E-state index contributed by atoms with van der Waals surface area (Å²) in [6.45, 7) is 9.23. The van der Waals surface area contributed by atoms with Crippen LogP contribution in [0.5, 0.6) is 0 Å². The lowest BCUT2D eigenvalue weighted by Crippen LogP contribution is -2.44. The van der Waals surface area contributed by atoms with Crippen LogP contribution in [0.4, 0.5) is 5.69 Å². The summed E-state index contributed by atoms with van der Waals surface area (Å²) >= 11 is 0. The minimum atomic E-state index is -3.87. The van der Waals surface area contributed by atoms with E-state index in [1.165, 1.54) is 8.99 Å². The first-order valence-electron chi connectivity index (χ1n) is 12.3. The molecule has 0 bridgehead atoms. The molecule has 0 aliphatic carbocycles. The van der Waals surface area contributed by atoms with E-state index in [9.17, 15) is 18.0 Å². The molecule has 1 atom stereocenters. The molecule has 2 amide bonds. The highest BCUT2D eigenvalue weighted by Crippen LogP contribution is 2.29. The first kappa shape index (κ1) is 25.4. The lowest BCUT2D eigenvalue weighted by atomic mass is 9.98. The molecule has 1 aromatic heterocycles. The van der Waals surface area contributed by atoms with Crippen LogP contribution < -0.4 is 5.32 Å². The molecule has 4 rings (SSSR count). The predicted molar refractivity (Wildman–Crippen MR) is 134 cm³/mol. The third-order valence-corrected chi connectivity index (χ3v) is 9.18. The van der Waals surface area contributed by atoms with E-state index in [4.69, 9.17) is 0 Å². The predicted octanol–water partition coefficient (Wildman–Crippen LogP) is 2.78. The van der Waals surface area contributed by atoms with Gasteiger partial charge in [0.05, 0.1) is 17.3 Å². The second-order valence-corrected chi connectivity index (χ2v) is 11.6. The summed E-state index contributed by atoms with van der Waals surface area (Å²) in [5.74, 6) is -0.650. The van der Waals surface area contributed by atoms with Crippen LogP contribution >= 0.6 is 0 Å². The van der Waals surface area contributed by atoms with Crippen molar-refractivity contribution < 1.29 is 18.0 Å². The number of likely N-dealkylation sites (tertiary alicyclic amines) is 1. The smallest absolute Gasteiger partial charge is 0.246 e. The molecule has 10 heteroatoms. The number of hydrogen-bond acceptors (Lipinski definition) is 5. The van der Waals surface area contributed by atoms with Crippen molar-refractivity contribution in [3.63, 3.8) is 0 Å². The molecule has 0 radical (unpaired) electrons. The molecule has 9 nitrogen and oxygen atoms in total. The molecule has 0 spiro atoms. The van der Waals surface area contributed by atoms with Gasteiger partial charge in [0.2, 0.25) is 21.8 Å². The second kappa shape index (κ2) is 10.1. The molecule has 3 heterocycles. The maximum atomic E-state index is 13.7. The number of aryl methyl sites for hydroxylation is 3. The number of piperidine rings is 1. The van der Waals surface area contributed by atoms with Crippen LogP contribution in [0.2, 0.25) is 0 Å². The molecule has 0 saturated carbocycles. The van der Waals surface area contributed by atoms with Gasteiger partial charge in [-0.2, -0.15) is 9.40 Å². The summed E-state index contributed by atoms with van der Waals surface area (Å²) in [6.07, 6.45) is 3.22. The van der Waals surface area contributed by atoms with E-state index >= 15 is 0 Å². The van der Waals surface area contributed by atoms with E-state index in [0.717, 1.165) is 42.7 Å². The van der Waals surface area contributed by atoms with E-state index in [-0.39, 0.29) is 29.8 Å². The summed E-state index contributed by atoms with van der Waals surface area (Å²) in [5.41, 5.74) is 3.60. The molecule has 2 aromatic rings. The molecule has 1 N–H and O–H groups in total. The Bertz CT molecular complexity index is 1230. The lowest BCUT2D eigenvalue weighted by molar-refractivity contribution is -0.131. The van der Waals surface area contributed by atoms with Gasteiger partial charge in [0.15, 0.2) is 0 Å². The number of nitrogens with one attached hydrogen (secondary N) is 1. The SMILES string of the molecule is Cc1ccc(C)c(NC(=O)[C@@H]2CCCN(S(=O)(=O)c3c(C)nn(CC(=O)N4CCCC4)c3C)C2)c1. The van der Waals surface area contributed by atoms with Crippen molar-refractivity contribution in [2.24, 2.45) is 5.92 Å². The maximum absolute atomic E-state index is 13.7. The van der Waals surface area contributed by atoms with E-state index in [2.05, 4.69) is 10.4 Å². The minimum Gasteiger partial charge on any atom is -0.341 e. The Morgan fingerprint density at radius 2 is 1.77 bits per heavy atom. The average Bonchev–Trinajstić information content (AvgIpc) is 3.45. The second-order valence-electron chi connectivity index (χ2n) is 9.76. The normalized spacial score (nSPS) is 19.2. The summed E-state index contributed by atoms with van der Waals surface area (Å²) in [7, 11) is -3.87. The highest BCUT2D eigenvalue weighted by Gasteiger charge is 2.37. The molecular weight excluding hydrogens is 466 g/mol. The van der Waals surface area contributed by atoms with Gasteiger partial charge in [0, 0.05) is 31.9 Å². The van der Waals surface area contributed by atoms with Gasteiger partial charge in [-0.1, -0.05) is 12.1 Å². The van der Waals surface area contributed by atoms with Crippen molar-refractivity contribution in [3.05, 3.63) is 40.7 Å². The number of nitrogens with zero attached hydrogens (tertiary/aromatic N) is 4. The van der Waals surface area contributed by atoms with Crippen molar-refractivity contribution in [2.45, 2.75) is 64.8 Å². The Morgan fingerprint density at radius 3 is 2.49 bits per heavy atom. The fourth-order valence-electron chi connectivity index (χ4n) is 5.01. The highest BCUT2D eigenvalue weighted by molar-refractivity contribution is 7.89. The van der Waals surface area contributed by atoms with Crippen LogP contribution in [0.25, 0.3) is 0 Å². The number of benzene rings is 1. The number of aromatic nitrogens is 2. The number of carbonyl (C=O) groups is 2. The summed E-state index contributed by atoms with van der Waals surface area (Å²) < 4.78 is 30.2. The van der Waals surface area contributed by atoms with Gasteiger partial charge in [-0.15, -0.1) is 0 Å². The van der Waals surface area contributed by atoms with Gasteiger partial charge in [0.1, 0.15) is 11.4 Å². The topological polar surface area (TPSA) is 105 Å². The number of hydrogen-bond donors (Lipinski definition) is 1. The van der Waals surface area contributed by atoms with Crippen LogP contribution in [-0.4, -0.2) is 65.4 Å². The fourth-order valence-corrected chi connectivity index (χ4v) is 6.91. The first-order chi connectivity index (χ1) is 16.6. The summed E-state index contributed by atoms with van der Waals surface area (Å²) in [4.78, 5) is 27.6. The average molecular weight is 502 g/mol. The van der Waals surface area contributed by atoms with Gasteiger partial charge in [-0.25, -0.2) is 8.42 Å². The van der Waals surface area contributed by atoms with Crippen molar-refractivity contribution >= 4 is 27.5 Å². The van der Waals surface area contributed by atoms with Gasteiger partial charge in [0.25, 0.3) is 0 Å². The zero-order chi connectivity index (χ0) is 25.3. The first-order valence-corrected chi connectivity index (χ1v) is 13.7. The van der Waals surface area contributed by atoms with Gasteiger partial charge >= 0.3 is 0 Å². The monoisotopic (exact) mass is 501 g/mol. The molecule has 2 aliphatic heterocycles. The Hall–Kier alpha value is -2.72. The van der Waals surface area contributed by atoms with Crippen molar-refractivity contribution in [3.8, 4) is 0 Å². The number of amides is 2. The zero-order valence-corrected chi connectivity index (χ0v) is 21.8. The Kier molecular flexibility index (Phi) is 7.32. The largest absolute Gasteiger partial charge is 0.341 e. The molecule has 2 aliphatic rings. The molecule has 1 aromatic carbocycles. The minimum absolute atomic E-state index is 0.0308. The molecule has 190 valence electrons. The van der Waals surface area contributed by atoms with Crippen LogP contribution in [0.1, 0.15) is 48.2 Å². The van der Waals surface area contributed by atoms with Crippen LogP contribution in [-0.2, 0) is 26.2 Å². The molecule has 2 fully saturated rings. The third kappa shape index (κ3) is 5.28. The molecule has 0 unspecified atom stereocenters. The van der Waals surface area contributed by atoms with Crippen molar-refractivity contribution in [1.29, 1.82) is 0 Å². The molecule has 2 saturated heterocycles. The molecular formula is C25H35N5O4S. The fraction of sp³-hybridized carbons (Fsp3) is 0.560. The van der Waals surface area contributed by atoms with Gasteiger partial charge in [-0.3, -0.25) is 14.3 Å². The lowest BCUT2D eigenvalue weighted by Gasteiger charge is -2.31. The Balaban J connectivity index is 1.50. The highest BCUT2D eigenvalue weighted by atomic mass is 32.2. The Labute approximate surface area is 207 Å². The standard InChI is InChI=1S/C25H35N5O4S/c1-17-9-10-18(2)22(14-17)26-25(32)21-8-7-13-29(15-21)35(33,34)24-19(3)27-30(20(24)4)16-23(31)28-11-5-6-12-28/h9-10,14,21H,5-8,11-13,15-16H2,1-4H3,(H,26,32)/t21-/m1/s1. The van der Waals surface area contributed by atoms with Gasteiger partial charge in [-0.05, 0) is 70.6 Å². The van der Waals surface area contributed by atoms with E-state index in [1.54, 1.807) is 18.7 Å². The summed E-state index contributed by atoms with van der Waals surface area (Å²) in [5, 5.41) is 7.38. The quantitative estimate of drug-likeness (QED) is 0.655. The van der Waals surface area contributed by atoms with E-state index < -0.39 is 15.9 Å². The van der Waals surface area contributed by atoms with E-state index in [0.29, 0.717) is 30.8 Å². The Morgan fingerprint density at radius 1 is 1.06 bits per heavy atom. The van der Waals surface area contributed by atoms with Crippen molar-refractivity contribution in [1.82, 2.24) is 19.0 Å². The maximum Gasteiger partial charge on any atom is 0.246 e.